The first-order chi connectivity index (χ1) is 13.5. The Balaban J connectivity index is 1.89. The number of carboxylic acids is 1. The molecule has 4 heteroatoms. The van der Waals surface area contributed by atoms with E-state index in [-0.39, 0.29) is 0 Å². The summed E-state index contributed by atoms with van der Waals surface area (Å²) >= 11 is 6.25. The number of unbranched alkanes of at least 4 members (excludes halogenated alkanes) is 6. The van der Waals surface area contributed by atoms with E-state index in [1.54, 1.807) is 6.92 Å². The Hall–Kier alpha value is -2.00. The fraction of sp³-hybridized carbons (Fsp3) is 0.458. The molecule has 2 aromatic carbocycles. The molecule has 1 atom stereocenters. The van der Waals surface area contributed by atoms with E-state index in [1.165, 1.54) is 44.0 Å². The van der Waals surface area contributed by atoms with Crippen molar-refractivity contribution in [1.29, 1.82) is 0 Å². The van der Waals surface area contributed by atoms with Crippen LogP contribution < -0.4 is 0 Å². The van der Waals surface area contributed by atoms with Crippen LogP contribution in [0.4, 0.5) is 0 Å². The predicted octanol–water partition coefficient (Wildman–Crippen LogP) is 7.39. The molecule has 0 fully saturated rings. The largest absolute Gasteiger partial charge is 0.481 e. The van der Waals surface area contributed by atoms with E-state index in [4.69, 9.17) is 11.6 Å². The van der Waals surface area contributed by atoms with Gasteiger partial charge in [-0.05, 0) is 43.2 Å². The van der Waals surface area contributed by atoms with Gasteiger partial charge in [-0.2, -0.15) is 0 Å². The molecule has 0 amide bonds. The molecule has 0 spiro atoms. The summed E-state index contributed by atoms with van der Waals surface area (Å²) < 4.78 is 2.34. The third kappa shape index (κ3) is 4.52. The average molecular weight is 400 g/mol. The van der Waals surface area contributed by atoms with Crippen molar-refractivity contribution >= 4 is 39.4 Å². The summed E-state index contributed by atoms with van der Waals surface area (Å²) in [6, 6.07) is 12.1. The van der Waals surface area contributed by atoms with E-state index in [9.17, 15) is 9.90 Å². The first kappa shape index (κ1) is 20.7. The number of hydrogen-bond acceptors (Lipinski definition) is 1. The first-order valence-electron chi connectivity index (χ1n) is 10.5. The average Bonchev–Trinajstić information content (AvgIpc) is 2.99. The van der Waals surface area contributed by atoms with Crippen molar-refractivity contribution in [3.8, 4) is 0 Å². The van der Waals surface area contributed by atoms with Crippen molar-refractivity contribution in [2.24, 2.45) is 0 Å². The van der Waals surface area contributed by atoms with Gasteiger partial charge in [0.05, 0.1) is 5.92 Å². The third-order valence-corrected chi connectivity index (χ3v) is 5.94. The van der Waals surface area contributed by atoms with Crippen LogP contribution in [0.1, 0.15) is 70.3 Å². The monoisotopic (exact) mass is 399 g/mol. The molecular formula is C24H30ClNO2. The van der Waals surface area contributed by atoms with Gasteiger partial charge >= 0.3 is 5.97 Å². The maximum atomic E-state index is 11.4. The van der Waals surface area contributed by atoms with Crippen LogP contribution in [0.2, 0.25) is 5.02 Å². The number of rotatable bonds is 10. The summed E-state index contributed by atoms with van der Waals surface area (Å²) in [6.07, 6.45) is 8.90. The summed E-state index contributed by atoms with van der Waals surface area (Å²) in [4.78, 5) is 11.4. The lowest BCUT2D eigenvalue weighted by Crippen LogP contribution is -2.07. The van der Waals surface area contributed by atoms with E-state index in [2.05, 4.69) is 17.6 Å². The third-order valence-electron chi connectivity index (χ3n) is 5.71. The fourth-order valence-electron chi connectivity index (χ4n) is 3.97. The van der Waals surface area contributed by atoms with Crippen LogP contribution in [0.3, 0.4) is 0 Å². The second-order valence-electron chi connectivity index (χ2n) is 7.77. The first-order valence-corrected chi connectivity index (χ1v) is 10.8. The maximum absolute atomic E-state index is 11.4. The molecule has 1 heterocycles. The number of nitrogens with zero attached hydrogens (tertiary/aromatic N) is 1. The van der Waals surface area contributed by atoms with Crippen LogP contribution in [0.25, 0.3) is 21.8 Å². The SMILES string of the molecule is CCCCCCCCCn1c2ccc(Cl)cc2c2ccc(C(C)C(=O)O)cc21. The summed E-state index contributed by atoms with van der Waals surface area (Å²) in [7, 11) is 0. The molecule has 1 N–H and O–H groups in total. The fourth-order valence-corrected chi connectivity index (χ4v) is 4.14. The Kier molecular flexibility index (Phi) is 7.01. The van der Waals surface area contributed by atoms with E-state index in [0.29, 0.717) is 0 Å². The molecule has 0 bridgehead atoms. The summed E-state index contributed by atoms with van der Waals surface area (Å²) in [6.45, 7) is 4.93. The van der Waals surface area contributed by atoms with Crippen molar-refractivity contribution < 1.29 is 9.90 Å². The number of aryl methyl sites for hydroxylation is 1. The van der Waals surface area contributed by atoms with E-state index >= 15 is 0 Å². The molecule has 1 aromatic heterocycles. The minimum Gasteiger partial charge on any atom is -0.481 e. The molecule has 28 heavy (non-hydrogen) atoms. The van der Waals surface area contributed by atoms with Gasteiger partial charge in [-0.3, -0.25) is 4.79 Å². The van der Waals surface area contributed by atoms with Crippen molar-refractivity contribution in [1.82, 2.24) is 4.57 Å². The number of carbonyl (C=O) groups is 1. The lowest BCUT2D eigenvalue weighted by molar-refractivity contribution is -0.138. The van der Waals surface area contributed by atoms with E-state index in [1.807, 2.05) is 30.3 Å². The highest BCUT2D eigenvalue weighted by Crippen LogP contribution is 2.33. The van der Waals surface area contributed by atoms with E-state index in [0.717, 1.165) is 39.8 Å². The van der Waals surface area contributed by atoms with Gasteiger partial charge in [0, 0.05) is 33.4 Å². The highest BCUT2D eigenvalue weighted by Gasteiger charge is 2.17. The Labute approximate surface area is 172 Å². The highest BCUT2D eigenvalue weighted by atomic mass is 35.5. The van der Waals surface area contributed by atoms with Gasteiger partial charge in [-0.1, -0.05) is 69.2 Å². The van der Waals surface area contributed by atoms with Crippen LogP contribution in [0.15, 0.2) is 36.4 Å². The van der Waals surface area contributed by atoms with Gasteiger partial charge in [0.2, 0.25) is 0 Å². The van der Waals surface area contributed by atoms with E-state index < -0.39 is 11.9 Å². The Bertz CT molecular complexity index is 960. The number of hydrogen-bond donors (Lipinski definition) is 1. The van der Waals surface area contributed by atoms with Gasteiger partial charge in [-0.25, -0.2) is 0 Å². The molecular weight excluding hydrogens is 370 g/mol. The van der Waals surface area contributed by atoms with Crippen molar-refractivity contribution in [2.45, 2.75) is 71.3 Å². The second-order valence-corrected chi connectivity index (χ2v) is 8.21. The van der Waals surface area contributed by atoms with Gasteiger partial charge in [0.1, 0.15) is 0 Å². The molecule has 0 aliphatic carbocycles. The lowest BCUT2D eigenvalue weighted by atomic mass is 10.00. The Morgan fingerprint density at radius 1 is 0.964 bits per heavy atom. The molecule has 0 saturated heterocycles. The summed E-state index contributed by atoms with van der Waals surface area (Å²) in [5.41, 5.74) is 3.12. The predicted molar refractivity (Wildman–Crippen MR) is 118 cm³/mol. The molecule has 0 aliphatic heterocycles. The van der Waals surface area contributed by atoms with Gasteiger partial charge in [0.25, 0.3) is 0 Å². The number of benzene rings is 2. The Morgan fingerprint density at radius 3 is 2.39 bits per heavy atom. The van der Waals surface area contributed by atoms with Crippen LogP contribution in [0, 0.1) is 0 Å². The maximum Gasteiger partial charge on any atom is 0.310 e. The molecule has 0 saturated carbocycles. The normalized spacial score (nSPS) is 12.7. The zero-order valence-corrected chi connectivity index (χ0v) is 17.6. The van der Waals surface area contributed by atoms with Crippen LogP contribution >= 0.6 is 11.6 Å². The number of aliphatic carboxylic acids is 1. The zero-order chi connectivity index (χ0) is 20.1. The molecule has 0 radical (unpaired) electrons. The van der Waals surface area contributed by atoms with Gasteiger partial charge in [-0.15, -0.1) is 0 Å². The number of carboxylic acid groups (broad SMARTS) is 1. The van der Waals surface area contributed by atoms with Crippen LogP contribution in [-0.4, -0.2) is 15.6 Å². The van der Waals surface area contributed by atoms with Crippen molar-refractivity contribution in [3.05, 3.63) is 47.0 Å². The van der Waals surface area contributed by atoms with Crippen molar-refractivity contribution in [2.75, 3.05) is 0 Å². The number of fused-ring (bicyclic) bond motifs is 3. The molecule has 3 aromatic rings. The van der Waals surface area contributed by atoms with Gasteiger partial charge in [0.15, 0.2) is 0 Å². The van der Waals surface area contributed by atoms with Gasteiger partial charge < -0.3 is 9.67 Å². The minimum atomic E-state index is -0.794. The minimum absolute atomic E-state index is 0.516. The molecule has 3 rings (SSSR count). The Morgan fingerprint density at radius 2 is 1.68 bits per heavy atom. The molecule has 1 unspecified atom stereocenters. The molecule has 3 nitrogen and oxygen atoms in total. The number of aromatic nitrogens is 1. The quantitative estimate of drug-likeness (QED) is 0.361. The standard InChI is InChI=1S/C24H30ClNO2/c1-3-4-5-6-7-8-9-14-26-22-13-11-19(25)16-21(22)20-12-10-18(15-23(20)26)17(2)24(27)28/h10-13,15-17H,3-9,14H2,1-2H3,(H,27,28). The van der Waals surface area contributed by atoms with Crippen molar-refractivity contribution in [3.63, 3.8) is 0 Å². The van der Waals surface area contributed by atoms with Crippen LogP contribution in [0.5, 0.6) is 0 Å². The molecule has 0 aliphatic rings. The number of halogens is 1. The topological polar surface area (TPSA) is 42.2 Å². The lowest BCUT2D eigenvalue weighted by Gasteiger charge is -2.10. The zero-order valence-electron chi connectivity index (χ0n) is 16.9. The smallest absolute Gasteiger partial charge is 0.310 e. The van der Waals surface area contributed by atoms with Crippen LogP contribution in [-0.2, 0) is 11.3 Å². The highest BCUT2D eigenvalue weighted by molar-refractivity contribution is 6.31. The molecule has 150 valence electrons. The summed E-state index contributed by atoms with van der Waals surface area (Å²) in [5, 5.41) is 12.4. The summed E-state index contributed by atoms with van der Waals surface area (Å²) in [5.74, 6) is -1.31. The second kappa shape index (κ2) is 9.47.